The Hall–Kier alpha value is -3.92. The van der Waals surface area contributed by atoms with Crippen LogP contribution < -0.4 is 10.5 Å². The molecule has 10 heteroatoms. The van der Waals surface area contributed by atoms with E-state index in [1.54, 1.807) is 54.0 Å². The topological polar surface area (TPSA) is 144 Å². The lowest BCUT2D eigenvalue weighted by Gasteiger charge is -2.32. The first-order valence-electron chi connectivity index (χ1n) is 11.8. The van der Waals surface area contributed by atoms with E-state index in [4.69, 9.17) is 10.5 Å². The van der Waals surface area contributed by atoms with Crippen LogP contribution in [-0.2, 0) is 17.8 Å². The highest BCUT2D eigenvalue weighted by molar-refractivity contribution is 5.97. The molecule has 1 aromatic carbocycles. The molecule has 0 saturated carbocycles. The second-order valence-electron chi connectivity index (χ2n) is 9.70. The molecule has 3 heterocycles. The molecule has 190 valence electrons. The number of nitrogens with zero attached hydrogens (tertiary/aromatic N) is 4. The van der Waals surface area contributed by atoms with Crippen molar-refractivity contribution in [2.75, 3.05) is 13.1 Å². The number of nitrogens with two attached hydrogens (primary N) is 1. The van der Waals surface area contributed by atoms with E-state index in [0.717, 1.165) is 11.1 Å². The lowest BCUT2D eigenvalue weighted by atomic mass is 10.0. The molecule has 2 amide bonds. The van der Waals surface area contributed by atoms with Gasteiger partial charge in [-0.15, -0.1) is 0 Å². The van der Waals surface area contributed by atoms with Gasteiger partial charge in [0.05, 0.1) is 36.5 Å². The lowest BCUT2D eigenvalue weighted by molar-refractivity contribution is -0.132. The predicted molar refractivity (Wildman–Crippen MR) is 132 cm³/mol. The number of carbonyl (C=O) groups excluding carboxylic acids is 2. The van der Waals surface area contributed by atoms with Gasteiger partial charge in [-0.3, -0.25) is 19.3 Å². The van der Waals surface area contributed by atoms with Gasteiger partial charge in [-0.05, 0) is 43.7 Å². The monoisotopic (exact) mass is 493 g/mol. The third-order valence-electron chi connectivity index (χ3n) is 5.99. The summed E-state index contributed by atoms with van der Waals surface area (Å²) in [6, 6.07) is 8.41. The van der Waals surface area contributed by atoms with E-state index in [1.165, 1.54) is 12.3 Å². The van der Waals surface area contributed by atoms with Crippen molar-refractivity contribution in [2.45, 2.75) is 51.4 Å². The van der Waals surface area contributed by atoms with Crippen LogP contribution in [0.5, 0.6) is 11.5 Å². The van der Waals surface area contributed by atoms with Crippen molar-refractivity contribution in [1.29, 1.82) is 0 Å². The van der Waals surface area contributed by atoms with Crippen LogP contribution in [0.2, 0.25) is 0 Å². The lowest BCUT2D eigenvalue weighted by Crippen LogP contribution is -2.42. The van der Waals surface area contributed by atoms with Gasteiger partial charge < -0.3 is 25.6 Å². The number of amides is 2. The molecule has 36 heavy (non-hydrogen) atoms. The fraction of sp³-hybridized carbons (Fsp3) is 0.385. The maximum absolute atomic E-state index is 12.6. The third kappa shape index (κ3) is 6.39. The number of primary amides is 1. The molecule has 0 bridgehead atoms. The summed E-state index contributed by atoms with van der Waals surface area (Å²) in [5, 5.41) is 23.6. The molecule has 0 radical (unpaired) electrons. The van der Waals surface area contributed by atoms with Crippen molar-refractivity contribution in [3.8, 4) is 22.6 Å². The van der Waals surface area contributed by atoms with Crippen molar-refractivity contribution in [1.82, 2.24) is 19.7 Å². The van der Waals surface area contributed by atoms with Crippen molar-refractivity contribution >= 4 is 11.8 Å². The molecular weight excluding hydrogens is 462 g/mol. The molecule has 2 aromatic heterocycles. The number of likely N-dealkylation sites (tertiary alicyclic amines) is 1. The van der Waals surface area contributed by atoms with Crippen molar-refractivity contribution in [3.63, 3.8) is 0 Å². The first-order chi connectivity index (χ1) is 17.1. The summed E-state index contributed by atoms with van der Waals surface area (Å²) >= 11 is 0. The molecule has 1 saturated heterocycles. The fourth-order valence-corrected chi connectivity index (χ4v) is 4.19. The van der Waals surface area contributed by atoms with Gasteiger partial charge in [0.25, 0.3) is 5.91 Å². The summed E-state index contributed by atoms with van der Waals surface area (Å²) in [6.45, 7) is 4.82. The Morgan fingerprint density at radius 1 is 1.14 bits per heavy atom. The van der Waals surface area contributed by atoms with Crippen LogP contribution in [0.1, 0.15) is 42.7 Å². The van der Waals surface area contributed by atoms with E-state index < -0.39 is 11.5 Å². The van der Waals surface area contributed by atoms with E-state index in [2.05, 4.69) is 10.1 Å². The van der Waals surface area contributed by atoms with Crippen LogP contribution >= 0.6 is 0 Å². The van der Waals surface area contributed by atoms with Crippen LogP contribution in [0.15, 0.2) is 48.9 Å². The number of ether oxygens (including phenoxy) is 1. The van der Waals surface area contributed by atoms with Crippen LogP contribution in [0.4, 0.5) is 0 Å². The second-order valence-corrected chi connectivity index (χ2v) is 9.70. The van der Waals surface area contributed by atoms with Gasteiger partial charge in [-0.1, -0.05) is 6.07 Å². The van der Waals surface area contributed by atoms with E-state index in [0.29, 0.717) is 43.9 Å². The normalized spacial score (nSPS) is 14.6. The highest BCUT2D eigenvalue weighted by Crippen LogP contribution is 2.29. The molecule has 0 spiro atoms. The smallest absolute Gasteiger partial charge is 0.252 e. The largest absolute Gasteiger partial charge is 0.506 e. The van der Waals surface area contributed by atoms with Gasteiger partial charge in [0.2, 0.25) is 5.91 Å². The van der Waals surface area contributed by atoms with Gasteiger partial charge in [0.15, 0.2) is 0 Å². The maximum Gasteiger partial charge on any atom is 0.252 e. The summed E-state index contributed by atoms with van der Waals surface area (Å²) in [5.41, 5.74) is 7.19. The van der Waals surface area contributed by atoms with Crippen molar-refractivity contribution < 1.29 is 24.5 Å². The van der Waals surface area contributed by atoms with Gasteiger partial charge in [-0.25, -0.2) is 0 Å². The quantitative estimate of drug-likeness (QED) is 0.436. The number of rotatable bonds is 8. The number of hydrogen-bond acceptors (Lipinski definition) is 7. The molecule has 3 aromatic rings. The van der Waals surface area contributed by atoms with E-state index >= 15 is 0 Å². The minimum absolute atomic E-state index is 0.0288. The zero-order valence-electron chi connectivity index (χ0n) is 20.4. The number of carbonyl (C=O) groups is 2. The van der Waals surface area contributed by atoms with Gasteiger partial charge in [0, 0.05) is 43.4 Å². The first kappa shape index (κ1) is 25.2. The molecular formula is C26H31N5O5. The predicted octanol–water partition coefficient (Wildman–Crippen LogP) is 2.13. The number of aromatic hydroxyl groups is 1. The molecule has 1 aliphatic rings. The van der Waals surface area contributed by atoms with E-state index in [1.807, 2.05) is 6.07 Å². The number of hydrogen-bond donors (Lipinski definition) is 3. The summed E-state index contributed by atoms with van der Waals surface area (Å²) in [6.07, 6.45) is 6.07. The van der Waals surface area contributed by atoms with E-state index in [9.17, 15) is 19.8 Å². The minimum Gasteiger partial charge on any atom is -0.506 e. The summed E-state index contributed by atoms with van der Waals surface area (Å²) in [7, 11) is 0. The number of aliphatic hydroxyl groups is 1. The zero-order chi connectivity index (χ0) is 25.9. The Morgan fingerprint density at radius 3 is 2.53 bits per heavy atom. The summed E-state index contributed by atoms with van der Waals surface area (Å²) in [5.74, 6) is -0.148. The van der Waals surface area contributed by atoms with Crippen LogP contribution in [0, 0.1) is 0 Å². The second kappa shape index (κ2) is 10.4. The molecule has 4 N–H and O–H groups in total. The highest BCUT2D eigenvalue weighted by Gasteiger charge is 2.25. The maximum atomic E-state index is 12.6. The number of pyridine rings is 1. The highest BCUT2D eigenvalue weighted by atomic mass is 16.5. The molecule has 0 atom stereocenters. The Kier molecular flexibility index (Phi) is 7.25. The Morgan fingerprint density at radius 2 is 1.89 bits per heavy atom. The zero-order valence-corrected chi connectivity index (χ0v) is 20.4. The van der Waals surface area contributed by atoms with Crippen molar-refractivity contribution in [3.05, 3.63) is 60.2 Å². The Labute approximate surface area is 209 Å². The minimum atomic E-state index is -0.901. The van der Waals surface area contributed by atoms with Gasteiger partial charge in [-0.2, -0.15) is 5.10 Å². The standard InChI is InChI=1S/C26H31N5O5/c1-26(2,35)16-31-15-18(13-29-31)17-3-6-23(22(11-17)25(27)34)36-21-7-9-30(10-8-21)24(33)12-19-4-5-20(32)14-28-19/h3-6,11,13-15,21,32,35H,7-10,12,16H2,1-2H3,(H2,27,34). The van der Waals surface area contributed by atoms with Crippen LogP contribution in [-0.4, -0.2) is 66.5 Å². The summed E-state index contributed by atoms with van der Waals surface area (Å²) < 4.78 is 7.79. The third-order valence-corrected chi connectivity index (χ3v) is 5.99. The SMILES string of the molecule is CC(C)(O)Cn1cc(-c2ccc(OC3CCN(C(=O)Cc4ccc(O)cn4)CC3)c(C(N)=O)c2)cn1. The molecule has 1 aliphatic heterocycles. The van der Waals surface area contributed by atoms with Crippen molar-refractivity contribution in [2.24, 2.45) is 5.73 Å². The molecule has 10 nitrogen and oxygen atoms in total. The number of aromatic nitrogens is 3. The van der Waals surface area contributed by atoms with Crippen LogP contribution in [0.25, 0.3) is 11.1 Å². The fourth-order valence-electron chi connectivity index (χ4n) is 4.19. The van der Waals surface area contributed by atoms with E-state index in [-0.39, 0.29) is 29.7 Å². The van der Waals surface area contributed by atoms with Gasteiger partial charge >= 0.3 is 0 Å². The molecule has 4 rings (SSSR count). The Bertz CT molecular complexity index is 1220. The number of benzene rings is 1. The average Bonchev–Trinajstić information content (AvgIpc) is 3.28. The average molecular weight is 494 g/mol. The van der Waals surface area contributed by atoms with Crippen LogP contribution in [0.3, 0.4) is 0 Å². The number of piperidine rings is 1. The first-order valence-corrected chi connectivity index (χ1v) is 11.8. The molecule has 0 aliphatic carbocycles. The molecule has 1 fully saturated rings. The molecule has 0 unspecified atom stereocenters. The summed E-state index contributed by atoms with van der Waals surface area (Å²) in [4.78, 5) is 30.7. The Balaban J connectivity index is 1.38. The van der Waals surface area contributed by atoms with Gasteiger partial charge in [0.1, 0.15) is 17.6 Å².